The molecule has 100 valence electrons. The maximum atomic E-state index is 6.15. The topological polar surface area (TPSA) is 21.3 Å². The summed E-state index contributed by atoms with van der Waals surface area (Å²) in [4.78, 5) is 0. The van der Waals surface area contributed by atoms with E-state index >= 15 is 0 Å². The summed E-state index contributed by atoms with van der Waals surface area (Å²) in [5.74, 6) is 0. The second-order valence-corrected chi connectivity index (χ2v) is 5.43. The molecule has 1 fully saturated rings. The van der Waals surface area contributed by atoms with E-state index in [4.69, 9.17) is 4.74 Å². The molecule has 0 aromatic heterocycles. The zero-order chi connectivity index (χ0) is 13.2. The molecule has 1 saturated heterocycles. The van der Waals surface area contributed by atoms with Gasteiger partial charge in [0.1, 0.15) is 0 Å². The molecule has 2 rings (SSSR count). The first-order chi connectivity index (χ1) is 8.61. The Balaban J connectivity index is 2.39. The molecule has 1 aliphatic heterocycles. The lowest BCUT2D eigenvalue weighted by Crippen LogP contribution is -2.51. The molecule has 2 heteroatoms. The molecule has 18 heavy (non-hydrogen) atoms. The zero-order valence-corrected chi connectivity index (χ0v) is 12.0. The summed E-state index contributed by atoms with van der Waals surface area (Å²) in [6.07, 6.45) is 2.10. The lowest BCUT2D eigenvalue weighted by molar-refractivity contribution is -0.103. The van der Waals surface area contributed by atoms with Crippen molar-refractivity contribution in [2.45, 2.75) is 52.2 Å². The number of hydrogen-bond donors (Lipinski definition) is 1. The average molecular weight is 247 g/mol. The summed E-state index contributed by atoms with van der Waals surface area (Å²) in [5.41, 5.74) is 3.99. The summed E-state index contributed by atoms with van der Waals surface area (Å²) in [7, 11) is 0. The van der Waals surface area contributed by atoms with Crippen LogP contribution in [0.25, 0.3) is 0 Å². The van der Waals surface area contributed by atoms with Crippen molar-refractivity contribution >= 4 is 0 Å². The number of rotatable bonds is 3. The van der Waals surface area contributed by atoms with E-state index in [-0.39, 0.29) is 5.60 Å². The van der Waals surface area contributed by atoms with Crippen LogP contribution in [-0.2, 0) is 4.74 Å². The minimum Gasteiger partial charge on any atom is -0.372 e. The maximum Gasteiger partial charge on any atom is 0.0871 e. The van der Waals surface area contributed by atoms with E-state index in [1.807, 2.05) is 0 Å². The molecule has 0 amide bonds. The van der Waals surface area contributed by atoms with E-state index in [1.54, 1.807) is 0 Å². The molecule has 1 N–H and O–H groups in total. The normalized spacial score (nSPS) is 23.0. The van der Waals surface area contributed by atoms with Crippen LogP contribution in [0.1, 0.15) is 49.4 Å². The first kappa shape index (κ1) is 13.6. The van der Waals surface area contributed by atoms with Gasteiger partial charge in [0.25, 0.3) is 0 Å². The van der Waals surface area contributed by atoms with E-state index < -0.39 is 0 Å². The molecular formula is C16H25NO. The van der Waals surface area contributed by atoms with Crippen molar-refractivity contribution in [1.29, 1.82) is 0 Å². The Bertz CT molecular complexity index is 389. The van der Waals surface area contributed by atoms with Gasteiger partial charge in [0.15, 0.2) is 0 Å². The Morgan fingerprint density at radius 1 is 1.17 bits per heavy atom. The Hall–Kier alpha value is -0.860. The third-order valence-corrected chi connectivity index (χ3v) is 4.14. The second-order valence-electron chi connectivity index (χ2n) is 5.43. The molecule has 0 bridgehead atoms. The molecular weight excluding hydrogens is 222 g/mol. The number of benzene rings is 1. The van der Waals surface area contributed by atoms with E-state index in [2.05, 4.69) is 51.2 Å². The van der Waals surface area contributed by atoms with Crippen LogP contribution in [0.4, 0.5) is 0 Å². The molecule has 0 radical (unpaired) electrons. The van der Waals surface area contributed by atoms with Gasteiger partial charge in [-0.3, -0.25) is 0 Å². The van der Waals surface area contributed by atoms with Crippen molar-refractivity contribution in [3.63, 3.8) is 0 Å². The molecule has 1 aromatic carbocycles. The fourth-order valence-electron chi connectivity index (χ4n) is 3.19. The standard InChI is InChI=1S/C16H25NO/c1-5-16(6-2)15(17-7-8-18-16)14-10-12(3)9-13(4)11-14/h9-11,15,17H,5-8H2,1-4H3. The molecule has 0 aliphatic carbocycles. The predicted molar refractivity (Wildman–Crippen MR) is 75.9 cm³/mol. The Kier molecular flexibility index (Phi) is 4.08. The van der Waals surface area contributed by atoms with Gasteiger partial charge in [-0.15, -0.1) is 0 Å². The average Bonchev–Trinajstić information content (AvgIpc) is 2.37. The van der Waals surface area contributed by atoms with E-state index in [1.165, 1.54) is 16.7 Å². The summed E-state index contributed by atoms with van der Waals surface area (Å²) in [6, 6.07) is 7.13. The lowest BCUT2D eigenvalue weighted by atomic mass is 9.82. The first-order valence-corrected chi connectivity index (χ1v) is 7.07. The summed E-state index contributed by atoms with van der Waals surface area (Å²) >= 11 is 0. The fourth-order valence-corrected chi connectivity index (χ4v) is 3.19. The van der Waals surface area contributed by atoms with Crippen molar-refractivity contribution in [3.05, 3.63) is 34.9 Å². The van der Waals surface area contributed by atoms with Crippen LogP contribution in [0, 0.1) is 13.8 Å². The van der Waals surface area contributed by atoms with E-state index in [0.29, 0.717) is 6.04 Å². The van der Waals surface area contributed by atoms with Crippen LogP contribution >= 0.6 is 0 Å². The highest BCUT2D eigenvalue weighted by atomic mass is 16.5. The predicted octanol–water partition coefficient (Wildman–Crippen LogP) is 3.52. The highest BCUT2D eigenvalue weighted by Crippen LogP contribution is 2.37. The highest BCUT2D eigenvalue weighted by Gasteiger charge is 2.40. The van der Waals surface area contributed by atoms with Gasteiger partial charge in [0.2, 0.25) is 0 Å². The second kappa shape index (κ2) is 5.41. The largest absolute Gasteiger partial charge is 0.372 e. The van der Waals surface area contributed by atoms with Crippen LogP contribution in [0.5, 0.6) is 0 Å². The van der Waals surface area contributed by atoms with Crippen molar-refractivity contribution in [3.8, 4) is 0 Å². The zero-order valence-electron chi connectivity index (χ0n) is 12.0. The number of hydrogen-bond acceptors (Lipinski definition) is 2. The number of ether oxygens (including phenoxy) is 1. The van der Waals surface area contributed by atoms with Gasteiger partial charge >= 0.3 is 0 Å². The highest BCUT2D eigenvalue weighted by molar-refractivity contribution is 5.32. The molecule has 2 nitrogen and oxygen atoms in total. The molecule has 0 saturated carbocycles. The number of nitrogens with one attached hydrogen (secondary N) is 1. The third kappa shape index (κ3) is 2.45. The minimum absolute atomic E-state index is 0.0432. The molecule has 1 aromatic rings. The van der Waals surface area contributed by atoms with Crippen LogP contribution in [0.3, 0.4) is 0 Å². The van der Waals surface area contributed by atoms with Gasteiger partial charge < -0.3 is 10.1 Å². The van der Waals surface area contributed by atoms with Crippen LogP contribution in [0.15, 0.2) is 18.2 Å². The minimum atomic E-state index is -0.0432. The van der Waals surface area contributed by atoms with Gasteiger partial charge in [-0.2, -0.15) is 0 Å². The monoisotopic (exact) mass is 247 g/mol. The lowest BCUT2D eigenvalue weighted by Gasteiger charge is -2.44. The van der Waals surface area contributed by atoms with E-state index in [9.17, 15) is 0 Å². The number of aryl methyl sites for hydroxylation is 2. The molecule has 1 heterocycles. The smallest absolute Gasteiger partial charge is 0.0871 e. The quantitative estimate of drug-likeness (QED) is 0.882. The molecule has 1 aliphatic rings. The van der Waals surface area contributed by atoms with Gasteiger partial charge in [0.05, 0.1) is 18.2 Å². The Morgan fingerprint density at radius 2 is 1.78 bits per heavy atom. The van der Waals surface area contributed by atoms with E-state index in [0.717, 1.165) is 26.0 Å². The van der Waals surface area contributed by atoms with Crippen LogP contribution in [-0.4, -0.2) is 18.8 Å². The van der Waals surface area contributed by atoms with Crippen LogP contribution < -0.4 is 5.32 Å². The molecule has 1 unspecified atom stereocenters. The van der Waals surface area contributed by atoms with Gasteiger partial charge in [-0.05, 0) is 32.3 Å². The summed E-state index contributed by atoms with van der Waals surface area (Å²) < 4.78 is 6.15. The Morgan fingerprint density at radius 3 is 2.33 bits per heavy atom. The summed E-state index contributed by atoms with van der Waals surface area (Å²) in [6.45, 7) is 10.6. The SMILES string of the molecule is CCC1(CC)OCCNC1c1cc(C)cc(C)c1. The van der Waals surface area contributed by atoms with Crippen molar-refractivity contribution in [1.82, 2.24) is 5.32 Å². The third-order valence-electron chi connectivity index (χ3n) is 4.14. The molecule has 0 spiro atoms. The maximum absolute atomic E-state index is 6.15. The van der Waals surface area contributed by atoms with Crippen LogP contribution in [0.2, 0.25) is 0 Å². The van der Waals surface area contributed by atoms with Crippen molar-refractivity contribution in [2.24, 2.45) is 0 Å². The van der Waals surface area contributed by atoms with Gasteiger partial charge in [-0.1, -0.05) is 43.2 Å². The fraction of sp³-hybridized carbons (Fsp3) is 0.625. The summed E-state index contributed by atoms with van der Waals surface area (Å²) in [5, 5.41) is 3.66. The Labute approximate surface area is 111 Å². The molecule has 1 atom stereocenters. The van der Waals surface area contributed by atoms with Gasteiger partial charge in [0, 0.05) is 6.54 Å². The van der Waals surface area contributed by atoms with Gasteiger partial charge in [-0.25, -0.2) is 0 Å². The first-order valence-electron chi connectivity index (χ1n) is 7.07. The van der Waals surface area contributed by atoms with Crippen molar-refractivity contribution in [2.75, 3.05) is 13.2 Å². The van der Waals surface area contributed by atoms with Crippen molar-refractivity contribution < 1.29 is 4.74 Å². The number of morpholine rings is 1.